The molecule has 1 saturated carbocycles. The number of aromatic nitrogens is 4. The molecule has 4 atom stereocenters. The number of hydrogen-bond acceptors (Lipinski definition) is 9. The average Bonchev–Trinajstić information content (AvgIpc) is 3.61. The highest BCUT2D eigenvalue weighted by atomic mass is 32.1. The molecule has 0 aromatic carbocycles. The van der Waals surface area contributed by atoms with Gasteiger partial charge in [0.25, 0.3) is 0 Å². The Hall–Kier alpha value is -2.76. The molecule has 0 radical (unpaired) electrons. The molecule has 1 aliphatic carbocycles. The number of anilines is 1. The van der Waals surface area contributed by atoms with Crippen molar-refractivity contribution in [3.63, 3.8) is 0 Å². The fourth-order valence-electron chi connectivity index (χ4n) is 6.44. The minimum Gasteiger partial charge on any atom is -0.444 e. The van der Waals surface area contributed by atoms with Crippen molar-refractivity contribution in [3.8, 4) is 10.6 Å². The lowest BCUT2D eigenvalue weighted by molar-refractivity contribution is -0.163. The summed E-state index contributed by atoms with van der Waals surface area (Å²) in [7, 11) is 0. The van der Waals surface area contributed by atoms with Crippen LogP contribution in [0.4, 0.5) is 10.6 Å². The van der Waals surface area contributed by atoms with Gasteiger partial charge in [0.05, 0.1) is 17.5 Å². The van der Waals surface area contributed by atoms with E-state index in [0.717, 1.165) is 40.9 Å². The highest BCUT2D eigenvalue weighted by molar-refractivity contribution is 7.13. The maximum atomic E-state index is 12.6. The number of carbonyl (C=O) groups is 1. The van der Waals surface area contributed by atoms with Gasteiger partial charge in [-0.25, -0.2) is 19.7 Å². The van der Waals surface area contributed by atoms with Crippen molar-refractivity contribution in [2.75, 3.05) is 18.8 Å². The van der Waals surface area contributed by atoms with Crippen molar-refractivity contribution >= 4 is 34.3 Å². The Morgan fingerprint density at radius 1 is 1.16 bits per heavy atom. The second-order valence-electron chi connectivity index (χ2n) is 12.1. The fourth-order valence-corrected chi connectivity index (χ4v) is 7.10. The number of nitrogens with zero attached hydrogens (tertiary/aromatic N) is 5. The van der Waals surface area contributed by atoms with Gasteiger partial charge in [-0.05, 0) is 65.7 Å². The van der Waals surface area contributed by atoms with Crippen LogP contribution in [0.1, 0.15) is 59.9 Å². The SMILES string of the molecule is CC(C)(C)OC(=O)N1CCC([C@H]2C[C@@H](n3cc(-c4nccs4)c4c(N)ncnc43)[C@@H]3OC(C)(C)O[C@@H]32)CC1. The lowest BCUT2D eigenvalue weighted by atomic mass is 9.82. The highest BCUT2D eigenvalue weighted by Crippen LogP contribution is 2.52. The number of likely N-dealkylation sites (tertiary alicyclic amines) is 1. The van der Waals surface area contributed by atoms with Gasteiger partial charge in [0.15, 0.2) is 5.79 Å². The third-order valence-corrected chi connectivity index (χ3v) is 8.74. The van der Waals surface area contributed by atoms with Crippen molar-refractivity contribution in [2.45, 2.75) is 83.5 Å². The predicted octanol–water partition coefficient (Wildman–Crippen LogP) is 4.87. The molecule has 6 rings (SSSR count). The number of nitrogens with two attached hydrogens (primary N) is 1. The van der Waals surface area contributed by atoms with E-state index in [1.165, 1.54) is 6.33 Å². The number of ether oxygens (including phenoxy) is 3. The van der Waals surface area contributed by atoms with Gasteiger partial charge in [-0.15, -0.1) is 11.3 Å². The topological polar surface area (TPSA) is 118 Å². The van der Waals surface area contributed by atoms with Crippen LogP contribution in [-0.4, -0.2) is 67.2 Å². The van der Waals surface area contributed by atoms with Gasteiger partial charge in [0, 0.05) is 36.4 Å². The van der Waals surface area contributed by atoms with E-state index in [2.05, 4.69) is 25.7 Å². The first-order valence-electron chi connectivity index (χ1n) is 13.4. The number of piperidine rings is 1. The summed E-state index contributed by atoms with van der Waals surface area (Å²) in [6.45, 7) is 11.1. The van der Waals surface area contributed by atoms with Crippen LogP contribution < -0.4 is 5.73 Å². The number of amides is 1. The van der Waals surface area contributed by atoms with Crippen LogP contribution in [0.2, 0.25) is 0 Å². The lowest BCUT2D eigenvalue weighted by Gasteiger charge is -2.37. The second-order valence-corrected chi connectivity index (χ2v) is 13.0. The minimum absolute atomic E-state index is 0.0289. The van der Waals surface area contributed by atoms with E-state index in [1.807, 2.05) is 44.9 Å². The van der Waals surface area contributed by atoms with Gasteiger partial charge in [-0.2, -0.15) is 0 Å². The van der Waals surface area contributed by atoms with Gasteiger partial charge in [0.2, 0.25) is 0 Å². The molecule has 3 aromatic heterocycles. The van der Waals surface area contributed by atoms with E-state index >= 15 is 0 Å². The quantitative estimate of drug-likeness (QED) is 0.500. The number of fused-ring (bicyclic) bond motifs is 2. The molecule has 11 heteroatoms. The van der Waals surface area contributed by atoms with Gasteiger partial charge in [-0.3, -0.25) is 0 Å². The average molecular weight is 541 g/mol. The maximum absolute atomic E-state index is 12.6. The molecule has 3 aliphatic rings. The molecule has 2 saturated heterocycles. The zero-order chi connectivity index (χ0) is 26.8. The van der Waals surface area contributed by atoms with E-state index in [1.54, 1.807) is 17.5 Å². The van der Waals surface area contributed by atoms with Gasteiger partial charge in [-0.1, -0.05) is 0 Å². The van der Waals surface area contributed by atoms with Crippen molar-refractivity contribution in [2.24, 2.45) is 11.8 Å². The molecule has 0 spiro atoms. The normalized spacial score (nSPS) is 27.7. The largest absolute Gasteiger partial charge is 0.444 e. The number of nitrogen functional groups attached to an aromatic ring is 1. The Labute approximate surface area is 226 Å². The summed E-state index contributed by atoms with van der Waals surface area (Å²) in [5, 5.41) is 3.67. The molecule has 38 heavy (non-hydrogen) atoms. The molecule has 3 fully saturated rings. The highest BCUT2D eigenvalue weighted by Gasteiger charge is 2.56. The Morgan fingerprint density at radius 2 is 1.89 bits per heavy atom. The van der Waals surface area contributed by atoms with Gasteiger partial charge >= 0.3 is 6.09 Å². The van der Waals surface area contributed by atoms with Crippen molar-refractivity contribution < 1.29 is 19.0 Å². The maximum Gasteiger partial charge on any atom is 0.410 e. The van der Waals surface area contributed by atoms with E-state index in [9.17, 15) is 4.79 Å². The van der Waals surface area contributed by atoms with Gasteiger partial charge < -0.3 is 29.4 Å². The molecule has 3 aromatic rings. The summed E-state index contributed by atoms with van der Waals surface area (Å²) in [5.41, 5.74) is 7.60. The fraction of sp³-hybridized carbons (Fsp3) is 0.630. The Morgan fingerprint density at radius 3 is 2.58 bits per heavy atom. The number of rotatable bonds is 3. The van der Waals surface area contributed by atoms with Crippen LogP contribution in [0, 0.1) is 11.8 Å². The van der Waals surface area contributed by atoms with Crippen molar-refractivity contribution in [1.82, 2.24) is 24.4 Å². The zero-order valence-corrected chi connectivity index (χ0v) is 23.4. The summed E-state index contributed by atoms with van der Waals surface area (Å²) in [5.74, 6) is 0.498. The van der Waals surface area contributed by atoms with Crippen LogP contribution in [0.15, 0.2) is 24.1 Å². The molecule has 0 unspecified atom stereocenters. The summed E-state index contributed by atoms with van der Waals surface area (Å²) in [6, 6.07) is 0.0289. The number of thiazole rings is 1. The molecule has 2 aliphatic heterocycles. The van der Waals surface area contributed by atoms with Crippen LogP contribution in [0.3, 0.4) is 0 Å². The van der Waals surface area contributed by atoms with E-state index in [0.29, 0.717) is 30.7 Å². The molecular weight excluding hydrogens is 504 g/mol. The third-order valence-electron chi connectivity index (χ3n) is 7.93. The third kappa shape index (κ3) is 4.54. The van der Waals surface area contributed by atoms with Crippen LogP contribution in [-0.2, 0) is 14.2 Å². The van der Waals surface area contributed by atoms with Crippen LogP contribution in [0.5, 0.6) is 0 Å². The van der Waals surface area contributed by atoms with Crippen LogP contribution >= 0.6 is 11.3 Å². The minimum atomic E-state index is -0.668. The summed E-state index contributed by atoms with van der Waals surface area (Å²) < 4.78 is 20.9. The Balaban J connectivity index is 1.29. The van der Waals surface area contributed by atoms with E-state index in [-0.39, 0.29) is 24.3 Å². The monoisotopic (exact) mass is 540 g/mol. The Kier molecular flexibility index (Phi) is 6.16. The number of hydrogen-bond donors (Lipinski definition) is 1. The molecule has 204 valence electrons. The Bertz CT molecular complexity index is 1330. The summed E-state index contributed by atoms with van der Waals surface area (Å²) in [6.07, 6.45) is 7.77. The molecule has 1 amide bonds. The smallest absolute Gasteiger partial charge is 0.410 e. The van der Waals surface area contributed by atoms with Crippen LogP contribution in [0.25, 0.3) is 21.6 Å². The molecule has 0 bridgehead atoms. The molecule has 2 N–H and O–H groups in total. The van der Waals surface area contributed by atoms with Crippen molar-refractivity contribution in [3.05, 3.63) is 24.1 Å². The first kappa shape index (κ1) is 25.5. The lowest BCUT2D eigenvalue weighted by Crippen LogP contribution is -2.44. The van der Waals surface area contributed by atoms with Crippen molar-refractivity contribution in [1.29, 1.82) is 0 Å². The van der Waals surface area contributed by atoms with E-state index < -0.39 is 11.4 Å². The predicted molar refractivity (Wildman–Crippen MR) is 145 cm³/mol. The molecular formula is C27H36N6O4S. The number of carbonyl (C=O) groups excluding carboxylic acids is 1. The summed E-state index contributed by atoms with van der Waals surface area (Å²) >= 11 is 1.57. The van der Waals surface area contributed by atoms with Gasteiger partial charge in [0.1, 0.15) is 34.5 Å². The zero-order valence-electron chi connectivity index (χ0n) is 22.6. The molecule has 10 nitrogen and oxygen atoms in total. The first-order chi connectivity index (χ1) is 18.0. The summed E-state index contributed by atoms with van der Waals surface area (Å²) in [4.78, 5) is 27.9. The standard InChI is InChI=1S/C27H36N6O4S/c1-26(2,3)37-25(34)32-9-6-15(7-10-32)16-12-18(21-20(16)35-27(4,5)36-21)33-13-17(24-29-8-11-38-24)19-22(28)30-14-31-23(19)33/h8,11,13-16,18,20-21H,6-7,9-10,12H2,1-5H3,(H2,28,30,31)/t16-,18-,20-,21+/m1/s1. The molecule has 5 heterocycles. The van der Waals surface area contributed by atoms with E-state index in [4.69, 9.17) is 19.9 Å². The second kappa shape index (κ2) is 9.17. The first-order valence-corrected chi connectivity index (χ1v) is 14.2.